The number of benzene rings is 1. The van der Waals surface area contributed by atoms with Crippen LogP contribution in [0.2, 0.25) is 0 Å². The van der Waals surface area contributed by atoms with Crippen LogP contribution in [0.25, 0.3) is 0 Å². The molecule has 0 bridgehead atoms. The van der Waals surface area contributed by atoms with Crippen LogP contribution in [0.4, 0.5) is 10.5 Å². The lowest BCUT2D eigenvalue weighted by Crippen LogP contribution is -2.43. The highest BCUT2D eigenvalue weighted by atomic mass is 16.6. The minimum Gasteiger partial charge on any atom is -0.444 e. The Balaban J connectivity index is 2.15. The third-order valence-electron chi connectivity index (χ3n) is 3.69. The SMILES string of the molecule is Cc1ccc(C2(N)CCC2)cc1NC(=O)OC(C)(C)C. The van der Waals surface area contributed by atoms with Crippen LogP contribution < -0.4 is 11.1 Å². The lowest BCUT2D eigenvalue weighted by atomic mass is 9.72. The summed E-state index contributed by atoms with van der Waals surface area (Å²) >= 11 is 0. The van der Waals surface area contributed by atoms with Gasteiger partial charge in [-0.15, -0.1) is 0 Å². The summed E-state index contributed by atoms with van der Waals surface area (Å²) in [5, 5.41) is 2.81. The van der Waals surface area contributed by atoms with Crippen LogP contribution in [-0.4, -0.2) is 11.7 Å². The first-order valence-corrected chi connectivity index (χ1v) is 7.10. The lowest BCUT2D eigenvalue weighted by Gasteiger charge is -2.39. The molecule has 1 amide bonds. The van der Waals surface area contributed by atoms with E-state index in [0.29, 0.717) is 0 Å². The molecule has 1 aliphatic carbocycles. The van der Waals surface area contributed by atoms with E-state index in [1.165, 1.54) is 6.42 Å². The topological polar surface area (TPSA) is 64.3 Å². The molecule has 4 heteroatoms. The molecule has 3 N–H and O–H groups in total. The van der Waals surface area contributed by atoms with Gasteiger partial charge in [0.1, 0.15) is 5.60 Å². The van der Waals surface area contributed by atoms with Crippen molar-refractivity contribution in [1.29, 1.82) is 0 Å². The molecule has 1 aliphatic rings. The summed E-state index contributed by atoms with van der Waals surface area (Å²) < 4.78 is 5.28. The number of aryl methyl sites for hydroxylation is 1. The summed E-state index contributed by atoms with van der Waals surface area (Å²) in [7, 11) is 0. The lowest BCUT2D eigenvalue weighted by molar-refractivity contribution is 0.0635. The number of hydrogen-bond donors (Lipinski definition) is 2. The molecule has 0 aliphatic heterocycles. The minimum atomic E-state index is -0.501. The van der Waals surface area contributed by atoms with Crippen molar-refractivity contribution in [3.8, 4) is 0 Å². The van der Waals surface area contributed by atoms with Gasteiger partial charge < -0.3 is 10.5 Å². The van der Waals surface area contributed by atoms with E-state index in [0.717, 1.165) is 29.7 Å². The van der Waals surface area contributed by atoms with Gasteiger partial charge in [0.05, 0.1) is 0 Å². The number of carbonyl (C=O) groups excluding carboxylic acids is 1. The molecular weight excluding hydrogens is 252 g/mol. The second kappa shape index (κ2) is 5.09. The molecule has 0 aromatic heterocycles. The zero-order valence-corrected chi connectivity index (χ0v) is 12.7. The Bertz CT molecular complexity index is 514. The average molecular weight is 276 g/mol. The second-order valence-electron chi connectivity index (χ2n) is 6.67. The third-order valence-corrected chi connectivity index (χ3v) is 3.69. The first kappa shape index (κ1) is 14.9. The van der Waals surface area contributed by atoms with Gasteiger partial charge in [0.15, 0.2) is 0 Å². The first-order chi connectivity index (χ1) is 9.20. The Labute approximate surface area is 120 Å². The van der Waals surface area contributed by atoms with Crippen molar-refractivity contribution in [3.05, 3.63) is 29.3 Å². The van der Waals surface area contributed by atoms with E-state index >= 15 is 0 Å². The molecule has 0 radical (unpaired) electrons. The van der Waals surface area contributed by atoms with Crippen molar-refractivity contribution in [3.63, 3.8) is 0 Å². The highest BCUT2D eigenvalue weighted by Crippen LogP contribution is 2.39. The molecule has 0 spiro atoms. The molecule has 1 fully saturated rings. The van der Waals surface area contributed by atoms with E-state index in [4.69, 9.17) is 10.5 Å². The van der Waals surface area contributed by atoms with Gasteiger partial charge in [-0.1, -0.05) is 12.1 Å². The van der Waals surface area contributed by atoms with Crippen LogP contribution >= 0.6 is 0 Å². The van der Waals surface area contributed by atoms with Crippen molar-refractivity contribution < 1.29 is 9.53 Å². The number of anilines is 1. The van der Waals surface area contributed by atoms with Gasteiger partial charge in [0.2, 0.25) is 0 Å². The highest BCUT2D eigenvalue weighted by Gasteiger charge is 2.34. The number of amides is 1. The number of nitrogens with one attached hydrogen (secondary N) is 1. The number of rotatable bonds is 2. The number of ether oxygens (including phenoxy) is 1. The summed E-state index contributed by atoms with van der Waals surface area (Å²) in [6.45, 7) is 7.50. The zero-order valence-electron chi connectivity index (χ0n) is 12.7. The molecule has 4 nitrogen and oxygen atoms in total. The van der Waals surface area contributed by atoms with Crippen molar-refractivity contribution in [2.45, 2.75) is 58.1 Å². The van der Waals surface area contributed by atoms with Crippen LogP contribution in [0.1, 0.15) is 51.2 Å². The molecule has 2 rings (SSSR count). The van der Waals surface area contributed by atoms with E-state index in [1.54, 1.807) is 0 Å². The molecule has 20 heavy (non-hydrogen) atoms. The van der Waals surface area contributed by atoms with Crippen LogP contribution in [0.15, 0.2) is 18.2 Å². The maximum atomic E-state index is 11.9. The van der Waals surface area contributed by atoms with Crippen molar-refractivity contribution >= 4 is 11.8 Å². The highest BCUT2D eigenvalue weighted by molar-refractivity contribution is 5.86. The predicted molar refractivity (Wildman–Crippen MR) is 80.8 cm³/mol. The van der Waals surface area contributed by atoms with Gasteiger partial charge in [0.25, 0.3) is 0 Å². The van der Waals surface area contributed by atoms with Crippen molar-refractivity contribution in [2.24, 2.45) is 5.73 Å². The molecule has 1 aromatic rings. The van der Waals surface area contributed by atoms with Crippen molar-refractivity contribution in [1.82, 2.24) is 0 Å². The Morgan fingerprint density at radius 3 is 2.50 bits per heavy atom. The monoisotopic (exact) mass is 276 g/mol. The number of carbonyl (C=O) groups is 1. The molecular formula is C16H24N2O2. The summed E-state index contributed by atoms with van der Waals surface area (Å²) in [4.78, 5) is 11.9. The summed E-state index contributed by atoms with van der Waals surface area (Å²) in [5.41, 5.74) is 8.46. The maximum Gasteiger partial charge on any atom is 0.412 e. The molecule has 0 atom stereocenters. The van der Waals surface area contributed by atoms with E-state index in [1.807, 2.05) is 39.8 Å². The van der Waals surface area contributed by atoms with E-state index in [-0.39, 0.29) is 5.54 Å². The van der Waals surface area contributed by atoms with Gasteiger partial charge in [-0.05, 0) is 64.2 Å². The van der Waals surface area contributed by atoms with Gasteiger partial charge in [0, 0.05) is 11.2 Å². The van der Waals surface area contributed by atoms with Crippen LogP contribution in [0.3, 0.4) is 0 Å². The first-order valence-electron chi connectivity index (χ1n) is 7.10. The molecule has 0 saturated heterocycles. The number of hydrogen-bond acceptors (Lipinski definition) is 3. The average Bonchev–Trinajstić information content (AvgIpc) is 2.26. The minimum absolute atomic E-state index is 0.224. The van der Waals surface area contributed by atoms with Gasteiger partial charge in [-0.3, -0.25) is 5.32 Å². The van der Waals surface area contributed by atoms with Crippen LogP contribution in [-0.2, 0) is 10.3 Å². The molecule has 0 heterocycles. The summed E-state index contributed by atoms with van der Waals surface area (Å²) in [6.07, 6.45) is 2.74. The normalized spacial score (nSPS) is 17.2. The Hall–Kier alpha value is -1.55. The maximum absolute atomic E-state index is 11.9. The molecule has 1 saturated carbocycles. The largest absolute Gasteiger partial charge is 0.444 e. The summed E-state index contributed by atoms with van der Waals surface area (Å²) in [6, 6.07) is 6.02. The molecule has 1 aromatic carbocycles. The van der Waals surface area contributed by atoms with Crippen molar-refractivity contribution in [2.75, 3.05) is 5.32 Å². The standard InChI is InChI=1S/C16H24N2O2/c1-11-6-7-12(16(17)8-5-9-16)10-13(11)18-14(19)20-15(2,3)4/h6-7,10H,5,8-9,17H2,1-4H3,(H,18,19). The quantitative estimate of drug-likeness (QED) is 0.866. The van der Waals surface area contributed by atoms with Crippen LogP contribution in [0, 0.1) is 6.92 Å². The van der Waals surface area contributed by atoms with E-state index in [2.05, 4.69) is 11.4 Å². The van der Waals surface area contributed by atoms with E-state index < -0.39 is 11.7 Å². The molecule has 0 unspecified atom stereocenters. The smallest absolute Gasteiger partial charge is 0.412 e. The zero-order chi connectivity index (χ0) is 15.0. The second-order valence-corrected chi connectivity index (χ2v) is 6.67. The van der Waals surface area contributed by atoms with Gasteiger partial charge >= 0.3 is 6.09 Å². The fraction of sp³-hybridized carbons (Fsp3) is 0.562. The Kier molecular flexibility index (Phi) is 3.78. The van der Waals surface area contributed by atoms with Crippen LogP contribution in [0.5, 0.6) is 0 Å². The predicted octanol–water partition coefficient (Wildman–Crippen LogP) is 3.68. The third kappa shape index (κ3) is 3.31. The Morgan fingerprint density at radius 2 is 2.00 bits per heavy atom. The summed E-state index contributed by atoms with van der Waals surface area (Å²) in [5.74, 6) is 0. The fourth-order valence-corrected chi connectivity index (χ4v) is 2.33. The number of nitrogens with two attached hydrogens (primary N) is 1. The molecule has 110 valence electrons. The fourth-order valence-electron chi connectivity index (χ4n) is 2.33. The van der Waals surface area contributed by atoms with Gasteiger partial charge in [-0.25, -0.2) is 4.79 Å². The Morgan fingerprint density at radius 1 is 1.35 bits per heavy atom. The van der Waals surface area contributed by atoms with E-state index in [9.17, 15) is 4.79 Å². The van der Waals surface area contributed by atoms with Gasteiger partial charge in [-0.2, -0.15) is 0 Å².